The normalized spacial score (nSPS) is 46.1. The molecule has 1 saturated heterocycles. The first-order chi connectivity index (χ1) is 5.95. The summed E-state index contributed by atoms with van der Waals surface area (Å²) in [7, 11) is 0. The summed E-state index contributed by atoms with van der Waals surface area (Å²) in [6, 6.07) is 0. The van der Waals surface area contributed by atoms with Crippen LogP contribution in [0.2, 0.25) is 0 Å². The van der Waals surface area contributed by atoms with Crippen molar-refractivity contribution in [2.45, 2.75) is 46.8 Å². The summed E-state index contributed by atoms with van der Waals surface area (Å²) in [5, 5.41) is 0. The molecule has 13 heavy (non-hydrogen) atoms. The Morgan fingerprint density at radius 3 is 2.00 bits per heavy atom. The second-order valence-electron chi connectivity index (χ2n) is 4.45. The van der Waals surface area contributed by atoms with E-state index in [1.54, 1.807) is 6.92 Å². The van der Waals surface area contributed by atoms with Crippen molar-refractivity contribution in [3.8, 4) is 0 Å². The Bertz CT molecular complexity index is 200. The molecule has 1 rings (SSSR count). The highest BCUT2D eigenvalue weighted by Crippen LogP contribution is 2.34. The van der Waals surface area contributed by atoms with Crippen molar-refractivity contribution in [1.29, 1.82) is 0 Å². The molecule has 1 fully saturated rings. The van der Waals surface area contributed by atoms with Gasteiger partial charge in [0.15, 0.2) is 5.78 Å². The van der Waals surface area contributed by atoms with Gasteiger partial charge < -0.3 is 4.74 Å². The molecule has 0 aromatic heterocycles. The molecule has 0 radical (unpaired) electrons. The van der Waals surface area contributed by atoms with E-state index in [9.17, 15) is 4.79 Å². The van der Waals surface area contributed by atoms with Crippen LogP contribution in [0.4, 0.5) is 0 Å². The lowest BCUT2D eigenvalue weighted by Gasteiger charge is -2.41. The lowest BCUT2D eigenvalue weighted by atomic mass is 9.76. The minimum Gasteiger partial charge on any atom is -0.367 e. The third-order valence-electron chi connectivity index (χ3n) is 3.64. The van der Waals surface area contributed by atoms with E-state index in [0.717, 1.165) is 0 Å². The Morgan fingerprint density at radius 2 is 1.54 bits per heavy atom. The molecule has 0 aromatic rings. The number of ether oxygens (including phenoxy) is 1. The van der Waals surface area contributed by atoms with Crippen LogP contribution in [-0.4, -0.2) is 18.0 Å². The van der Waals surface area contributed by atoms with Gasteiger partial charge in [-0.3, -0.25) is 4.79 Å². The van der Waals surface area contributed by atoms with Crippen LogP contribution in [0.25, 0.3) is 0 Å². The Labute approximate surface area is 80.7 Å². The average molecular weight is 184 g/mol. The summed E-state index contributed by atoms with van der Waals surface area (Å²) in [4.78, 5) is 11.3. The van der Waals surface area contributed by atoms with Crippen molar-refractivity contribution >= 4 is 5.78 Å². The van der Waals surface area contributed by atoms with Crippen molar-refractivity contribution < 1.29 is 9.53 Å². The van der Waals surface area contributed by atoms with Gasteiger partial charge in [-0.05, 0) is 31.6 Å². The Balaban J connectivity index is 2.76. The predicted molar refractivity (Wildman–Crippen MR) is 52.5 cm³/mol. The SMILES string of the molecule is CC(=O)C1O[C@H](C)[C@@H](C)C(C)[C@@H]1C. The Morgan fingerprint density at radius 1 is 1.00 bits per heavy atom. The summed E-state index contributed by atoms with van der Waals surface area (Å²) in [5.41, 5.74) is 0. The van der Waals surface area contributed by atoms with E-state index in [-0.39, 0.29) is 18.0 Å². The van der Waals surface area contributed by atoms with Crippen LogP contribution < -0.4 is 0 Å². The molecule has 0 saturated carbocycles. The van der Waals surface area contributed by atoms with Crippen LogP contribution in [0.5, 0.6) is 0 Å². The smallest absolute Gasteiger partial charge is 0.158 e. The molecule has 76 valence electrons. The molecule has 0 N–H and O–H groups in total. The van der Waals surface area contributed by atoms with Crippen LogP contribution >= 0.6 is 0 Å². The van der Waals surface area contributed by atoms with Crippen molar-refractivity contribution in [3.63, 3.8) is 0 Å². The van der Waals surface area contributed by atoms with Crippen LogP contribution in [0.3, 0.4) is 0 Å². The van der Waals surface area contributed by atoms with Gasteiger partial charge in [0.2, 0.25) is 0 Å². The lowest BCUT2D eigenvalue weighted by Crippen LogP contribution is -2.46. The number of rotatable bonds is 1. The number of carbonyl (C=O) groups excluding carboxylic acids is 1. The first-order valence-corrected chi connectivity index (χ1v) is 5.11. The van der Waals surface area contributed by atoms with Gasteiger partial charge in [0.05, 0.1) is 6.10 Å². The zero-order chi connectivity index (χ0) is 10.2. The van der Waals surface area contributed by atoms with E-state index >= 15 is 0 Å². The van der Waals surface area contributed by atoms with E-state index in [1.165, 1.54) is 0 Å². The zero-order valence-corrected chi connectivity index (χ0v) is 9.20. The van der Waals surface area contributed by atoms with E-state index < -0.39 is 0 Å². The quantitative estimate of drug-likeness (QED) is 0.625. The molecular formula is C11H20O2. The van der Waals surface area contributed by atoms with Gasteiger partial charge in [-0.2, -0.15) is 0 Å². The van der Waals surface area contributed by atoms with Gasteiger partial charge in [0, 0.05) is 0 Å². The van der Waals surface area contributed by atoms with Crippen molar-refractivity contribution in [2.24, 2.45) is 17.8 Å². The Hall–Kier alpha value is -0.370. The molecule has 1 aliphatic heterocycles. The number of hydrogen-bond donors (Lipinski definition) is 0. The van der Waals surface area contributed by atoms with Crippen LogP contribution in [0, 0.1) is 17.8 Å². The van der Waals surface area contributed by atoms with E-state index in [4.69, 9.17) is 4.74 Å². The number of hydrogen-bond acceptors (Lipinski definition) is 2. The van der Waals surface area contributed by atoms with Crippen LogP contribution in [0.15, 0.2) is 0 Å². The molecule has 0 spiro atoms. The molecular weight excluding hydrogens is 164 g/mol. The maximum atomic E-state index is 11.3. The third kappa shape index (κ3) is 1.93. The second-order valence-corrected chi connectivity index (χ2v) is 4.45. The molecule has 5 atom stereocenters. The summed E-state index contributed by atoms with van der Waals surface area (Å²) in [5.74, 6) is 1.63. The van der Waals surface area contributed by atoms with Crippen LogP contribution in [0.1, 0.15) is 34.6 Å². The molecule has 2 nitrogen and oxygen atoms in total. The summed E-state index contributed by atoms with van der Waals surface area (Å²) in [6.45, 7) is 10.2. The molecule has 1 heterocycles. The third-order valence-corrected chi connectivity index (χ3v) is 3.64. The van der Waals surface area contributed by atoms with E-state index in [1.807, 2.05) is 0 Å². The molecule has 0 bridgehead atoms. The van der Waals surface area contributed by atoms with Gasteiger partial charge in [-0.25, -0.2) is 0 Å². The Kier molecular flexibility index (Phi) is 3.12. The number of ketones is 1. The van der Waals surface area contributed by atoms with Gasteiger partial charge in [-0.1, -0.05) is 20.8 Å². The highest BCUT2D eigenvalue weighted by Gasteiger charge is 2.38. The molecule has 0 aliphatic carbocycles. The fourth-order valence-electron chi connectivity index (χ4n) is 2.13. The fourth-order valence-corrected chi connectivity index (χ4v) is 2.13. The first-order valence-electron chi connectivity index (χ1n) is 5.11. The highest BCUT2D eigenvalue weighted by molar-refractivity contribution is 5.80. The standard InChI is InChI=1S/C11H20O2/c1-6-7(2)10(5)13-11(8(6)3)9(4)12/h6-8,10-11H,1-5H3/t6?,7-,8-,10+,11?/m0/s1. The predicted octanol–water partition coefficient (Wildman–Crippen LogP) is 2.27. The van der Waals surface area contributed by atoms with Gasteiger partial charge in [0.1, 0.15) is 6.10 Å². The maximum absolute atomic E-state index is 11.3. The molecule has 2 heteroatoms. The summed E-state index contributed by atoms with van der Waals surface area (Å²) in [6.07, 6.45) is 0.0290. The largest absolute Gasteiger partial charge is 0.367 e. The monoisotopic (exact) mass is 184 g/mol. The topological polar surface area (TPSA) is 26.3 Å². The maximum Gasteiger partial charge on any atom is 0.158 e. The minimum atomic E-state index is -0.179. The van der Waals surface area contributed by atoms with E-state index in [2.05, 4.69) is 27.7 Å². The number of Topliss-reactive ketones (excluding diaryl/α,β-unsaturated/α-hetero) is 1. The minimum absolute atomic E-state index is 0.165. The van der Waals surface area contributed by atoms with E-state index in [0.29, 0.717) is 17.8 Å². The van der Waals surface area contributed by atoms with Gasteiger partial charge >= 0.3 is 0 Å². The summed E-state index contributed by atoms with van der Waals surface area (Å²) < 4.78 is 5.69. The van der Waals surface area contributed by atoms with Crippen molar-refractivity contribution in [2.75, 3.05) is 0 Å². The molecule has 1 aliphatic rings. The lowest BCUT2D eigenvalue weighted by molar-refractivity contribution is -0.156. The second kappa shape index (κ2) is 3.79. The fraction of sp³-hybridized carbons (Fsp3) is 0.909. The van der Waals surface area contributed by atoms with Crippen LogP contribution in [-0.2, 0) is 9.53 Å². The van der Waals surface area contributed by atoms with Gasteiger partial charge in [0.25, 0.3) is 0 Å². The van der Waals surface area contributed by atoms with Crippen molar-refractivity contribution in [3.05, 3.63) is 0 Å². The molecule has 0 aromatic carbocycles. The first kappa shape index (κ1) is 10.7. The average Bonchev–Trinajstić information content (AvgIpc) is 2.07. The number of carbonyl (C=O) groups is 1. The van der Waals surface area contributed by atoms with Crippen molar-refractivity contribution in [1.82, 2.24) is 0 Å². The van der Waals surface area contributed by atoms with Gasteiger partial charge in [-0.15, -0.1) is 0 Å². The zero-order valence-electron chi connectivity index (χ0n) is 9.20. The summed E-state index contributed by atoms with van der Waals surface area (Å²) >= 11 is 0. The molecule has 0 amide bonds. The molecule has 2 unspecified atom stereocenters. The highest BCUT2D eigenvalue weighted by atomic mass is 16.5.